The first kappa shape index (κ1) is 17.1. The molecule has 6 nitrogen and oxygen atoms in total. The van der Waals surface area contributed by atoms with Crippen molar-refractivity contribution in [3.63, 3.8) is 0 Å². The molecule has 0 bridgehead atoms. The maximum atomic E-state index is 12.4. The molecule has 1 N–H and O–H groups in total. The number of nitrogens with zero attached hydrogens (tertiary/aromatic N) is 3. The van der Waals surface area contributed by atoms with Crippen molar-refractivity contribution in [3.8, 4) is 5.75 Å². The third-order valence-corrected chi connectivity index (χ3v) is 5.40. The highest BCUT2D eigenvalue weighted by Gasteiger charge is 2.28. The fraction of sp³-hybridized carbons (Fsp3) is 0.500. The molecule has 0 spiro atoms. The van der Waals surface area contributed by atoms with Gasteiger partial charge in [0.05, 0.1) is 6.61 Å². The van der Waals surface area contributed by atoms with E-state index in [1.807, 2.05) is 6.07 Å². The van der Waals surface area contributed by atoms with Gasteiger partial charge in [0.1, 0.15) is 5.75 Å². The van der Waals surface area contributed by atoms with Crippen LogP contribution in [-0.4, -0.2) is 59.7 Å². The Morgan fingerprint density at radius 3 is 3.08 bits per heavy atom. The van der Waals surface area contributed by atoms with Crippen molar-refractivity contribution < 1.29 is 9.53 Å². The fourth-order valence-corrected chi connectivity index (χ4v) is 3.98. The van der Waals surface area contributed by atoms with Crippen LogP contribution in [0.4, 0.5) is 0 Å². The Morgan fingerprint density at radius 2 is 2.23 bits per heavy atom. The summed E-state index contributed by atoms with van der Waals surface area (Å²) in [6.07, 6.45) is 3.03. The van der Waals surface area contributed by atoms with Crippen LogP contribution in [-0.2, 0) is 19.4 Å². The zero-order valence-electron chi connectivity index (χ0n) is 15.5. The molecule has 2 aliphatic rings. The van der Waals surface area contributed by atoms with E-state index in [-0.39, 0.29) is 5.91 Å². The second-order valence-electron chi connectivity index (χ2n) is 7.53. The van der Waals surface area contributed by atoms with Crippen molar-refractivity contribution in [1.29, 1.82) is 0 Å². The molecule has 138 valence electrons. The number of nitrogens with one attached hydrogen (secondary N) is 1. The van der Waals surface area contributed by atoms with Gasteiger partial charge in [-0.15, -0.1) is 0 Å². The van der Waals surface area contributed by atoms with Crippen LogP contribution in [0.3, 0.4) is 0 Å². The third-order valence-electron chi connectivity index (χ3n) is 5.40. The van der Waals surface area contributed by atoms with Gasteiger partial charge < -0.3 is 9.64 Å². The van der Waals surface area contributed by atoms with Crippen molar-refractivity contribution in [2.45, 2.75) is 25.8 Å². The predicted molar refractivity (Wildman–Crippen MR) is 99.3 cm³/mol. The topological polar surface area (TPSA) is 61.5 Å². The van der Waals surface area contributed by atoms with Crippen LogP contribution in [0, 0.1) is 5.92 Å². The van der Waals surface area contributed by atoms with E-state index in [1.54, 1.807) is 19.0 Å². The number of hydrogen-bond acceptors (Lipinski definition) is 4. The number of aromatic amines is 1. The number of ether oxygens (including phenoxy) is 1. The number of rotatable bonds is 3. The molecule has 1 aromatic carbocycles. The second kappa shape index (κ2) is 7.11. The Hall–Kier alpha value is -2.34. The van der Waals surface area contributed by atoms with Gasteiger partial charge in [-0.05, 0) is 30.4 Å². The number of aromatic nitrogens is 2. The summed E-state index contributed by atoms with van der Waals surface area (Å²) in [5.74, 6) is 1.57. The summed E-state index contributed by atoms with van der Waals surface area (Å²) in [7, 11) is 3.54. The van der Waals surface area contributed by atoms with Gasteiger partial charge in [0.15, 0.2) is 5.69 Å². The van der Waals surface area contributed by atoms with E-state index in [0.717, 1.165) is 62.5 Å². The van der Waals surface area contributed by atoms with Gasteiger partial charge in [-0.3, -0.25) is 14.8 Å². The molecule has 0 fully saturated rings. The van der Waals surface area contributed by atoms with Crippen molar-refractivity contribution >= 4 is 5.91 Å². The van der Waals surface area contributed by atoms with Gasteiger partial charge in [-0.1, -0.05) is 18.2 Å². The Kier molecular flexibility index (Phi) is 4.68. The van der Waals surface area contributed by atoms with E-state index in [9.17, 15) is 4.79 Å². The van der Waals surface area contributed by atoms with E-state index in [1.165, 1.54) is 5.56 Å². The van der Waals surface area contributed by atoms with Crippen molar-refractivity contribution in [1.82, 2.24) is 20.0 Å². The fourth-order valence-electron chi connectivity index (χ4n) is 3.98. The Morgan fingerprint density at radius 1 is 1.38 bits per heavy atom. The summed E-state index contributed by atoms with van der Waals surface area (Å²) in [6, 6.07) is 8.36. The monoisotopic (exact) mass is 354 g/mol. The van der Waals surface area contributed by atoms with E-state index in [0.29, 0.717) is 11.6 Å². The number of carbonyl (C=O) groups excluding carboxylic acids is 1. The largest absolute Gasteiger partial charge is 0.493 e. The average molecular weight is 354 g/mol. The molecule has 0 saturated carbocycles. The molecular weight excluding hydrogens is 328 g/mol. The second-order valence-corrected chi connectivity index (χ2v) is 7.53. The van der Waals surface area contributed by atoms with Crippen LogP contribution >= 0.6 is 0 Å². The lowest BCUT2D eigenvalue weighted by molar-refractivity contribution is 0.0819. The Balaban J connectivity index is 1.46. The molecule has 1 aromatic heterocycles. The standard InChI is InChI=1S/C20H26N4O2/c1-23(2)20(25)19-16-13-24(9-7-17(16)21-22-19)12-14-8-10-26-18-6-4-3-5-15(18)11-14/h3-6,14H,7-13H2,1-2H3,(H,21,22). The van der Waals surface area contributed by atoms with Gasteiger partial charge >= 0.3 is 0 Å². The minimum atomic E-state index is -0.0267. The molecule has 6 heteroatoms. The number of fused-ring (bicyclic) bond motifs is 2. The van der Waals surface area contributed by atoms with Crippen LogP contribution in [0.1, 0.15) is 33.7 Å². The van der Waals surface area contributed by atoms with Crippen LogP contribution in [0.5, 0.6) is 5.75 Å². The molecule has 26 heavy (non-hydrogen) atoms. The minimum absolute atomic E-state index is 0.0267. The quantitative estimate of drug-likeness (QED) is 0.917. The normalized spacial score (nSPS) is 19.8. The van der Waals surface area contributed by atoms with Crippen LogP contribution < -0.4 is 4.74 Å². The maximum Gasteiger partial charge on any atom is 0.274 e. The molecule has 1 unspecified atom stereocenters. The number of H-pyrrole nitrogens is 1. The highest BCUT2D eigenvalue weighted by atomic mass is 16.5. The summed E-state index contributed by atoms with van der Waals surface area (Å²) >= 11 is 0. The van der Waals surface area contributed by atoms with Gasteiger partial charge in [0.2, 0.25) is 0 Å². The first-order valence-corrected chi connectivity index (χ1v) is 9.32. The number of para-hydroxylation sites is 1. The molecule has 2 aromatic rings. The number of carbonyl (C=O) groups is 1. The smallest absolute Gasteiger partial charge is 0.274 e. The van der Waals surface area contributed by atoms with Crippen LogP contribution in [0.25, 0.3) is 0 Å². The Labute approximate surface area is 154 Å². The zero-order valence-corrected chi connectivity index (χ0v) is 15.5. The lowest BCUT2D eigenvalue weighted by Gasteiger charge is -2.30. The summed E-state index contributed by atoms with van der Waals surface area (Å²) in [4.78, 5) is 16.4. The van der Waals surface area contributed by atoms with E-state index >= 15 is 0 Å². The first-order chi connectivity index (χ1) is 12.6. The van der Waals surface area contributed by atoms with Gasteiger partial charge in [-0.25, -0.2) is 0 Å². The summed E-state index contributed by atoms with van der Waals surface area (Å²) in [5, 5.41) is 7.35. The lowest BCUT2D eigenvalue weighted by atomic mass is 9.95. The molecule has 1 amide bonds. The van der Waals surface area contributed by atoms with E-state index in [2.05, 4.69) is 33.3 Å². The SMILES string of the molecule is CN(C)C(=O)c1n[nH]c2c1CN(CC1CCOc3ccccc3C1)CC2. The lowest BCUT2D eigenvalue weighted by Crippen LogP contribution is -2.36. The van der Waals surface area contributed by atoms with E-state index < -0.39 is 0 Å². The van der Waals surface area contributed by atoms with Crippen LogP contribution in [0.2, 0.25) is 0 Å². The molecule has 0 radical (unpaired) electrons. The first-order valence-electron chi connectivity index (χ1n) is 9.32. The number of benzene rings is 1. The molecule has 4 rings (SSSR count). The van der Waals surface area contributed by atoms with Crippen LogP contribution in [0.15, 0.2) is 24.3 Å². The molecule has 0 aliphatic carbocycles. The van der Waals surface area contributed by atoms with Gasteiger partial charge in [0, 0.05) is 51.4 Å². The zero-order chi connectivity index (χ0) is 18.1. The Bertz CT molecular complexity index is 799. The molecule has 1 atom stereocenters. The summed E-state index contributed by atoms with van der Waals surface area (Å²) < 4.78 is 5.90. The van der Waals surface area contributed by atoms with E-state index in [4.69, 9.17) is 4.74 Å². The highest BCUT2D eigenvalue weighted by Crippen LogP contribution is 2.28. The number of amides is 1. The number of hydrogen-bond donors (Lipinski definition) is 1. The maximum absolute atomic E-state index is 12.4. The predicted octanol–water partition coefficient (Wildman–Crippen LogP) is 2.11. The highest BCUT2D eigenvalue weighted by molar-refractivity contribution is 5.93. The van der Waals surface area contributed by atoms with Crippen molar-refractivity contribution in [2.75, 3.05) is 33.8 Å². The average Bonchev–Trinajstić information content (AvgIpc) is 2.94. The molecule has 0 saturated heterocycles. The summed E-state index contributed by atoms with van der Waals surface area (Å²) in [6.45, 7) is 3.60. The van der Waals surface area contributed by atoms with Crippen molar-refractivity contribution in [3.05, 3.63) is 46.8 Å². The van der Waals surface area contributed by atoms with Gasteiger partial charge in [-0.2, -0.15) is 5.10 Å². The third kappa shape index (κ3) is 3.33. The minimum Gasteiger partial charge on any atom is -0.493 e. The molecular formula is C20H26N4O2. The summed E-state index contributed by atoms with van der Waals surface area (Å²) in [5.41, 5.74) is 4.06. The molecule has 2 aliphatic heterocycles. The molecule has 3 heterocycles. The van der Waals surface area contributed by atoms with Gasteiger partial charge in [0.25, 0.3) is 5.91 Å². The van der Waals surface area contributed by atoms with Crippen molar-refractivity contribution in [2.24, 2.45) is 5.92 Å².